The monoisotopic (exact) mass is 304 g/mol. The van der Waals surface area contributed by atoms with Gasteiger partial charge in [0.05, 0.1) is 0 Å². The van der Waals surface area contributed by atoms with Crippen LogP contribution in [0.4, 0.5) is 10.5 Å². The summed E-state index contributed by atoms with van der Waals surface area (Å²) in [5, 5.41) is 6.51. The minimum atomic E-state index is -0.532. The molecule has 0 fully saturated rings. The number of hydrogen-bond donors (Lipinski definition) is 2. The van der Waals surface area contributed by atoms with Crippen LogP contribution in [0.3, 0.4) is 0 Å². The normalized spacial score (nSPS) is 11.3. The van der Waals surface area contributed by atoms with Crippen molar-refractivity contribution in [1.29, 1.82) is 0 Å². The zero-order valence-electron chi connectivity index (χ0n) is 13.1. The van der Waals surface area contributed by atoms with E-state index >= 15 is 0 Å². The second-order valence-corrected chi connectivity index (χ2v) is 5.91. The number of aromatic nitrogens is 2. The molecule has 118 valence electrons. The molecule has 0 aliphatic heterocycles. The number of alkyl carbamates (subject to hydrolysis) is 1. The first-order chi connectivity index (χ1) is 10.2. The number of nitrogens with two attached hydrogens (primary N) is 1. The van der Waals surface area contributed by atoms with E-state index in [4.69, 9.17) is 15.0 Å². The average molecular weight is 304 g/mol. The number of anilines is 1. The molecule has 0 aliphatic carbocycles. The molecular weight excluding hydrogens is 284 g/mol. The van der Waals surface area contributed by atoms with Gasteiger partial charge in [-0.15, -0.1) is 0 Å². The molecule has 0 unspecified atom stereocenters. The number of nitrogens with zero attached hydrogens (tertiary/aromatic N) is 2. The van der Waals surface area contributed by atoms with E-state index in [1.807, 2.05) is 32.9 Å². The summed E-state index contributed by atoms with van der Waals surface area (Å²) in [7, 11) is 0. The summed E-state index contributed by atoms with van der Waals surface area (Å²) in [6.45, 7) is 7.43. The highest BCUT2D eigenvalue weighted by atomic mass is 16.6. The number of nitrogens with one attached hydrogen (secondary N) is 1. The van der Waals surface area contributed by atoms with Crippen LogP contribution in [0, 0.1) is 6.92 Å². The standard InChI is InChI=1S/C15H20N4O3/c1-9-18-13(19-22-9)10-5-6-11(12(16)7-10)8-17-14(20)21-15(2,3)4/h5-7H,8,16H2,1-4H3,(H,17,20). The summed E-state index contributed by atoms with van der Waals surface area (Å²) in [4.78, 5) is 15.8. The van der Waals surface area contributed by atoms with Gasteiger partial charge in [0, 0.05) is 24.7 Å². The molecule has 1 aromatic carbocycles. The van der Waals surface area contributed by atoms with Crippen molar-refractivity contribution in [2.75, 3.05) is 5.73 Å². The van der Waals surface area contributed by atoms with E-state index in [9.17, 15) is 4.79 Å². The van der Waals surface area contributed by atoms with Gasteiger partial charge in [-0.3, -0.25) is 0 Å². The Labute approximate surface area is 128 Å². The van der Waals surface area contributed by atoms with E-state index in [0.29, 0.717) is 17.4 Å². The van der Waals surface area contributed by atoms with E-state index in [1.54, 1.807) is 13.0 Å². The number of aryl methyl sites for hydroxylation is 1. The topological polar surface area (TPSA) is 103 Å². The maximum absolute atomic E-state index is 11.6. The molecule has 2 rings (SSSR count). The van der Waals surface area contributed by atoms with Gasteiger partial charge in [-0.2, -0.15) is 4.98 Å². The third-order valence-electron chi connectivity index (χ3n) is 2.75. The van der Waals surface area contributed by atoms with Crippen LogP contribution in [-0.4, -0.2) is 21.8 Å². The molecule has 3 N–H and O–H groups in total. The first-order valence-corrected chi connectivity index (χ1v) is 6.90. The quantitative estimate of drug-likeness (QED) is 0.845. The van der Waals surface area contributed by atoms with Crippen molar-refractivity contribution in [2.45, 2.75) is 39.8 Å². The maximum Gasteiger partial charge on any atom is 0.407 e. The molecule has 0 bridgehead atoms. The van der Waals surface area contributed by atoms with Crippen LogP contribution >= 0.6 is 0 Å². The molecule has 1 aromatic heterocycles. The molecule has 7 nitrogen and oxygen atoms in total. The number of nitrogen functional groups attached to an aromatic ring is 1. The molecule has 7 heteroatoms. The smallest absolute Gasteiger partial charge is 0.407 e. The van der Waals surface area contributed by atoms with Crippen LogP contribution in [0.2, 0.25) is 0 Å². The number of hydrogen-bond acceptors (Lipinski definition) is 6. The molecule has 0 saturated heterocycles. The first kappa shape index (κ1) is 15.8. The average Bonchev–Trinajstić information content (AvgIpc) is 2.82. The molecule has 0 radical (unpaired) electrons. The fourth-order valence-electron chi connectivity index (χ4n) is 1.79. The lowest BCUT2D eigenvalue weighted by Crippen LogP contribution is -2.32. The molecule has 2 aromatic rings. The minimum Gasteiger partial charge on any atom is -0.444 e. The Bertz CT molecular complexity index is 674. The molecule has 22 heavy (non-hydrogen) atoms. The van der Waals surface area contributed by atoms with E-state index < -0.39 is 11.7 Å². The van der Waals surface area contributed by atoms with Crippen molar-refractivity contribution >= 4 is 11.8 Å². The highest BCUT2D eigenvalue weighted by Gasteiger charge is 2.16. The van der Waals surface area contributed by atoms with Gasteiger partial charge < -0.3 is 20.3 Å². The SMILES string of the molecule is Cc1nc(-c2ccc(CNC(=O)OC(C)(C)C)c(N)c2)no1. The zero-order chi connectivity index (χ0) is 16.3. The molecule has 1 amide bonds. The van der Waals surface area contributed by atoms with Crippen molar-refractivity contribution in [3.8, 4) is 11.4 Å². The lowest BCUT2D eigenvalue weighted by Gasteiger charge is -2.19. The number of ether oxygens (including phenoxy) is 1. The summed E-state index contributed by atoms with van der Waals surface area (Å²) in [5.74, 6) is 0.972. The van der Waals surface area contributed by atoms with E-state index in [1.165, 1.54) is 0 Å². The fourth-order valence-corrected chi connectivity index (χ4v) is 1.79. The van der Waals surface area contributed by atoms with E-state index in [-0.39, 0.29) is 6.54 Å². The lowest BCUT2D eigenvalue weighted by atomic mass is 10.1. The Morgan fingerprint density at radius 1 is 1.41 bits per heavy atom. The van der Waals surface area contributed by atoms with Crippen molar-refractivity contribution in [3.63, 3.8) is 0 Å². The predicted octanol–water partition coefficient (Wildman–Crippen LogP) is 2.65. The van der Waals surface area contributed by atoms with Gasteiger partial charge in [0.25, 0.3) is 0 Å². The van der Waals surface area contributed by atoms with Gasteiger partial charge in [-0.25, -0.2) is 4.79 Å². The van der Waals surface area contributed by atoms with E-state index in [2.05, 4.69) is 15.5 Å². The van der Waals surface area contributed by atoms with E-state index in [0.717, 1.165) is 11.1 Å². The Balaban J connectivity index is 2.03. The summed E-state index contributed by atoms with van der Waals surface area (Å²) in [6.07, 6.45) is -0.482. The minimum absolute atomic E-state index is 0.284. The Kier molecular flexibility index (Phi) is 4.35. The summed E-state index contributed by atoms with van der Waals surface area (Å²) in [5.41, 5.74) is 7.55. The Morgan fingerprint density at radius 3 is 2.68 bits per heavy atom. The first-order valence-electron chi connectivity index (χ1n) is 6.90. The number of benzene rings is 1. The lowest BCUT2D eigenvalue weighted by molar-refractivity contribution is 0.0523. The molecule has 0 atom stereocenters. The summed E-state index contributed by atoms with van der Waals surface area (Å²) < 4.78 is 10.1. The third kappa shape index (κ3) is 4.21. The summed E-state index contributed by atoms with van der Waals surface area (Å²) >= 11 is 0. The number of carbonyl (C=O) groups excluding carboxylic acids is 1. The largest absolute Gasteiger partial charge is 0.444 e. The Hall–Kier alpha value is -2.57. The molecule has 1 heterocycles. The van der Waals surface area contributed by atoms with Crippen molar-refractivity contribution < 1.29 is 14.1 Å². The van der Waals surface area contributed by atoms with Crippen LogP contribution < -0.4 is 11.1 Å². The molecule has 0 aliphatic rings. The highest BCUT2D eigenvalue weighted by Crippen LogP contribution is 2.21. The van der Waals surface area contributed by atoms with Gasteiger partial charge >= 0.3 is 6.09 Å². The Morgan fingerprint density at radius 2 is 2.14 bits per heavy atom. The van der Waals surface area contributed by atoms with Crippen LogP contribution in [0.15, 0.2) is 22.7 Å². The predicted molar refractivity (Wildman–Crippen MR) is 82.0 cm³/mol. The van der Waals surface area contributed by atoms with Gasteiger partial charge in [0.1, 0.15) is 5.60 Å². The fraction of sp³-hybridized carbons (Fsp3) is 0.400. The van der Waals surface area contributed by atoms with Crippen molar-refractivity contribution in [3.05, 3.63) is 29.7 Å². The second-order valence-electron chi connectivity index (χ2n) is 5.91. The number of amides is 1. The van der Waals surface area contributed by atoms with Crippen LogP contribution in [-0.2, 0) is 11.3 Å². The van der Waals surface area contributed by atoms with Crippen LogP contribution in [0.1, 0.15) is 32.2 Å². The van der Waals surface area contributed by atoms with Gasteiger partial charge in [0.15, 0.2) is 0 Å². The third-order valence-corrected chi connectivity index (χ3v) is 2.75. The molecular formula is C15H20N4O3. The number of rotatable bonds is 3. The zero-order valence-corrected chi connectivity index (χ0v) is 13.1. The van der Waals surface area contributed by atoms with Gasteiger partial charge in [0.2, 0.25) is 11.7 Å². The van der Waals surface area contributed by atoms with Crippen molar-refractivity contribution in [2.24, 2.45) is 0 Å². The second kappa shape index (κ2) is 6.05. The van der Waals surface area contributed by atoms with Crippen molar-refractivity contribution in [1.82, 2.24) is 15.5 Å². The summed E-state index contributed by atoms with van der Waals surface area (Å²) in [6, 6.07) is 5.39. The van der Waals surface area contributed by atoms with Gasteiger partial charge in [-0.05, 0) is 32.4 Å². The van der Waals surface area contributed by atoms with Crippen LogP contribution in [0.5, 0.6) is 0 Å². The maximum atomic E-state index is 11.6. The molecule has 0 saturated carbocycles. The van der Waals surface area contributed by atoms with Crippen LogP contribution in [0.25, 0.3) is 11.4 Å². The highest BCUT2D eigenvalue weighted by molar-refractivity contribution is 5.69. The number of carbonyl (C=O) groups is 1. The van der Waals surface area contributed by atoms with Gasteiger partial charge in [-0.1, -0.05) is 17.3 Å². The molecule has 0 spiro atoms.